The predicted molar refractivity (Wildman–Crippen MR) is 155 cm³/mol. The van der Waals surface area contributed by atoms with Crippen molar-refractivity contribution in [3.8, 4) is 22.3 Å². The largest absolute Gasteiger partial charge is 0.0648 e. The van der Waals surface area contributed by atoms with Gasteiger partial charge in [-0.3, -0.25) is 0 Å². The maximum Gasteiger partial charge on any atom is 0.0118 e. The molecule has 0 heterocycles. The molecule has 0 amide bonds. The number of hydrogen-bond acceptors (Lipinski definition) is 0. The molecule has 6 rings (SSSR count). The molecule has 0 saturated carbocycles. The molecule has 2 atom stereocenters. The van der Waals surface area contributed by atoms with Crippen molar-refractivity contribution in [3.63, 3.8) is 0 Å². The lowest BCUT2D eigenvalue weighted by Gasteiger charge is -2.43. The van der Waals surface area contributed by atoms with E-state index in [1.165, 1.54) is 55.7 Å². The SMILES string of the molecule is CCC(C)(C1C(C)=Cc2c(-c3ccccc3)cccc21)C1C(C)=Cc2c(-c3ccccc3)cccc21. The van der Waals surface area contributed by atoms with Gasteiger partial charge in [0, 0.05) is 11.8 Å². The lowest BCUT2D eigenvalue weighted by atomic mass is 9.60. The standard InChI is InChI=1S/C36H34/c1-5-36(4,34-24(2)22-32-28(18-12-20-30(32)34)26-14-8-6-9-15-26)35-25(3)23-33-29(19-13-21-31(33)35)27-16-10-7-11-17-27/h6-23,34-35H,5H2,1-4H3. The quantitative estimate of drug-likeness (QED) is 0.274. The highest BCUT2D eigenvalue weighted by Crippen LogP contribution is 2.61. The summed E-state index contributed by atoms with van der Waals surface area (Å²) in [6.45, 7) is 9.62. The minimum absolute atomic E-state index is 0.0717. The summed E-state index contributed by atoms with van der Waals surface area (Å²) in [7, 11) is 0. The van der Waals surface area contributed by atoms with E-state index in [4.69, 9.17) is 0 Å². The van der Waals surface area contributed by atoms with Crippen LogP contribution in [0.5, 0.6) is 0 Å². The summed E-state index contributed by atoms with van der Waals surface area (Å²) >= 11 is 0. The van der Waals surface area contributed by atoms with Gasteiger partial charge >= 0.3 is 0 Å². The van der Waals surface area contributed by atoms with Gasteiger partial charge in [-0.1, -0.05) is 134 Å². The maximum atomic E-state index is 2.53. The number of benzene rings is 4. The first-order chi connectivity index (χ1) is 17.5. The molecule has 0 heteroatoms. The van der Waals surface area contributed by atoms with E-state index in [1.54, 1.807) is 0 Å². The van der Waals surface area contributed by atoms with Crippen LogP contribution in [0, 0.1) is 5.41 Å². The highest BCUT2D eigenvalue weighted by atomic mass is 14.5. The lowest BCUT2D eigenvalue weighted by molar-refractivity contribution is 0.231. The van der Waals surface area contributed by atoms with Gasteiger partial charge in [0.2, 0.25) is 0 Å². The Morgan fingerprint density at radius 3 is 1.36 bits per heavy atom. The molecule has 4 aromatic rings. The fourth-order valence-corrected chi connectivity index (χ4v) is 7.17. The Labute approximate surface area is 216 Å². The molecule has 2 aliphatic carbocycles. The molecule has 4 aromatic carbocycles. The van der Waals surface area contributed by atoms with Crippen LogP contribution < -0.4 is 0 Å². The third-order valence-corrected chi connectivity index (χ3v) is 8.81. The molecule has 0 nitrogen and oxygen atoms in total. The van der Waals surface area contributed by atoms with Crippen LogP contribution >= 0.6 is 0 Å². The molecule has 0 aromatic heterocycles. The van der Waals surface area contributed by atoms with Gasteiger partial charge < -0.3 is 0 Å². The minimum Gasteiger partial charge on any atom is -0.0648 e. The summed E-state index contributed by atoms with van der Waals surface area (Å²) in [5.41, 5.74) is 14.1. The Balaban J connectivity index is 1.48. The smallest absolute Gasteiger partial charge is 0.0118 e. The molecule has 0 bridgehead atoms. The first kappa shape index (κ1) is 22.8. The van der Waals surface area contributed by atoms with E-state index in [0.29, 0.717) is 11.8 Å². The van der Waals surface area contributed by atoms with E-state index in [9.17, 15) is 0 Å². The van der Waals surface area contributed by atoms with Gasteiger partial charge in [0.15, 0.2) is 0 Å². The van der Waals surface area contributed by atoms with E-state index >= 15 is 0 Å². The molecule has 0 radical (unpaired) electrons. The molecule has 0 aliphatic heterocycles. The Kier molecular flexibility index (Phi) is 5.56. The molecule has 0 spiro atoms. The Hall–Kier alpha value is -3.64. The summed E-state index contributed by atoms with van der Waals surface area (Å²) in [5.74, 6) is 0.779. The highest BCUT2D eigenvalue weighted by Gasteiger charge is 2.47. The second kappa shape index (κ2) is 8.79. The predicted octanol–water partition coefficient (Wildman–Crippen LogP) is 10.1. The fourth-order valence-electron chi connectivity index (χ4n) is 7.17. The van der Waals surface area contributed by atoms with E-state index in [-0.39, 0.29) is 5.41 Å². The normalized spacial score (nSPS) is 19.8. The third kappa shape index (κ3) is 3.43. The molecule has 36 heavy (non-hydrogen) atoms. The van der Waals surface area contributed by atoms with E-state index in [2.05, 4.69) is 137 Å². The average molecular weight is 467 g/mol. The van der Waals surface area contributed by atoms with Gasteiger partial charge in [0.05, 0.1) is 0 Å². The summed E-state index contributed by atoms with van der Waals surface area (Å²) in [6.07, 6.45) is 6.04. The summed E-state index contributed by atoms with van der Waals surface area (Å²) in [5, 5.41) is 0. The number of allylic oxidation sites excluding steroid dienone is 2. The molecule has 2 unspecified atom stereocenters. The van der Waals surface area contributed by atoms with Crippen LogP contribution in [0.4, 0.5) is 0 Å². The van der Waals surface area contributed by atoms with E-state index < -0.39 is 0 Å². The first-order valence-corrected chi connectivity index (χ1v) is 13.3. The molecular weight excluding hydrogens is 432 g/mol. The van der Waals surface area contributed by atoms with Crippen molar-refractivity contribution in [1.29, 1.82) is 0 Å². The summed E-state index contributed by atoms with van der Waals surface area (Å²) < 4.78 is 0. The van der Waals surface area contributed by atoms with Gasteiger partial charge in [-0.25, -0.2) is 0 Å². The zero-order chi connectivity index (χ0) is 24.9. The van der Waals surface area contributed by atoms with Crippen molar-refractivity contribution in [2.45, 2.75) is 46.0 Å². The van der Waals surface area contributed by atoms with Gasteiger partial charge in [0.1, 0.15) is 0 Å². The molecule has 2 aliphatic rings. The van der Waals surface area contributed by atoms with Crippen LogP contribution in [0.2, 0.25) is 0 Å². The van der Waals surface area contributed by atoms with Crippen molar-refractivity contribution in [2.75, 3.05) is 0 Å². The molecule has 0 saturated heterocycles. The van der Waals surface area contributed by atoms with Gasteiger partial charge in [-0.2, -0.15) is 0 Å². The molecule has 0 N–H and O–H groups in total. The summed E-state index contributed by atoms with van der Waals surface area (Å²) in [4.78, 5) is 0. The number of fused-ring (bicyclic) bond motifs is 2. The van der Waals surface area contributed by atoms with Crippen LogP contribution in [-0.4, -0.2) is 0 Å². The first-order valence-electron chi connectivity index (χ1n) is 13.3. The number of hydrogen-bond donors (Lipinski definition) is 0. The fraction of sp³-hybridized carbons (Fsp3) is 0.222. The maximum absolute atomic E-state index is 2.53. The van der Waals surface area contributed by atoms with Crippen molar-refractivity contribution in [3.05, 3.63) is 130 Å². The third-order valence-electron chi connectivity index (χ3n) is 8.81. The molecule has 178 valence electrons. The average Bonchev–Trinajstić information content (AvgIpc) is 3.45. The minimum atomic E-state index is 0.0717. The van der Waals surface area contributed by atoms with Gasteiger partial charge in [-0.05, 0) is 70.2 Å². The molecular formula is C36H34. The van der Waals surface area contributed by atoms with E-state index in [0.717, 1.165) is 6.42 Å². The van der Waals surface area contributed by atoms with Gasteiger partial charge in [0.25, 0.3) is 0 Å². The van der Waals surface area contributed by atoms with Crippen LogP contribution in [0.15, 0.2) is 108 Å². The highest BCUT2D eigenvalue weighted by molar-refractivity contribution is 5.84. The monoisotopic (exact) mass is 466 g/mol. The molecule has 0 fully saturated rings. The Morgan fingerprint density at radius 1 is 0.556 bits per heavy atom. The van der Waals surface area contributed by atoms with Crippen LogP contribution in [0.1, 0.15) is 68.2 Å². The van der Waals surface area contributed by atoms with Crippen molar-refractivity contribution in [2.24, 2.45) is 5.41 Å². The van der Waals surface area contributed by atoms with Crippen LogP contribution in [0.3, 0.4) is 0 Å². The Bertz CT molecular complexity index is 1370. The topological polar surface area (TPSA) is 0 Å². The zero-order valence-corrected chi connectivity index (χ0v) is 21.8. The van der Waals surface area contributed by atoms with Crippen molar-refractivity contribution >= 4 is 12.2 Å². The van der Waals surface area contributed by atoms with Crippen molar-refractivity contribution < 1.29 is 0 Å². The van der Waals surface area contributed by atoms with Crippen LogP contribution in [-0.2, 0) is 0 Å². The van der Waals surface area contributed by atoms with E-state index in [1.807, 2.05) is 0 Å². The second-order valence-electron chi connectivity index (χ2n) is 10.9. The van der Waals surface area contributed by atoms with Gasteiger partial charge in [-0.15, -0.1) is 0 Å². The summed E-state index contributed by atoms with van der Waals surface area (Å²) in [6, 6.07) is 35.5. The number of rotatable bonds is 5. The lowest BCUT2D eigenvalue weighted by Crippen LogP contribution is -2.32. The Morgan fingerprint density at radius 2 is 0.972 bits per heavy atom. The van der Waals surface area contributed by atoms with Crippen LogP contribution in [0.25, 0.3) is 34.4 Å². The second-order valence-corrected chi connectivity index (χ2v) is 10.9. The van der Waals surface area contributed by atoms with Crippen molar-refractivity contribution in [1.82, 2.24) is 0 Å². The zero-order valence-electron chi connectivity index (χ0n) is 21.8.